The zero-order valence-electron chi connectivity index (χ0n) is 19.8. The number of ketones is 2. The third-order valence-corrected chi connectivity index (χ3v) is 7.31. The number of amides is 2. The summed E-state index contributed by atoms with van der Waals surface area (Å²) < 4.78 is 30.5. The highest BCUT2D eigenvalue weighted by molar-refractivity contribution is 6.37. The predicted molar refractivity (Wildman–Crippen MR) is 127 cm³/mol. The van der Waals surface area contributed by atoms with Crippen molar-refractivity contribution in [2.45, 2.75) is 11.7 Å². The van der Waals surface area contributed by atoms with Crippen LogP contribution < -0.4 is 14.4 Å². The van der Waals surface area contributed by atoms with Gasteiger partial charge in [-0.1, -0.05) is 36.4 Å². The van der Waals surface area contributed by atoms with Gasteiger partial charge in [-0.05, 0) is 17.7 Å². The molecule has 0 N–H and O–H groups in total. The lowest BCUT2D eigenvalue weighted by Crippen LogP contribution is -2.51. The molecule has 0 unspecified atom stereocenters. The van der Waals surface area contributed by atoms with E-state index in [-0.39, 0.29) is 16.8 Å². The molecule has 0 saturated carbocycles. The maximum atomic E-state index is 14.0. The van der Waals surface area contributed by atoms with Crippen LogP contribution in [-0.4, -0.2) is 43.2 Å². The zero-order valence-corrected chi connectivity index (χ0v) is 19.8. The van der Waals surface area contributed by atoms with E-state index in [1.54, 1.807) is 18.2 Å². The Morgan fingerprint density at radius 2 is 1.38 bits per heavy atom. The Bertz CT molecular complexity index is 1440. The number of fused-ring (bicyclic) bond motifs is 3. The van der Waals surface area contributed by atoms with Gasteiger partial charge >= 0.3 is 0 Å². The van der Waals surface area contributed by atoms with E-state index in [0.29, 0.717) is 17.1 Å². The molecule has 2 fully saturated rings. The number of halogens is 1. The second-order valence-corrected chi connectivity index (χ2v) is 9.12. The van der Waals surface area contributed by atoms with Crippen molar-refractivity contribution in [2.24, 2.45) is 11.8 Å². The molecule has 2 heterocycles. The standard InChI is InChI=1S/C28H20FNO7/c1-35-17-11-16(12-18(13-17)36-2)30-26(33)21-22(27(30)34)28(37-23(21)14-7-9-15(29)10-8-14)24(31)19-5-3-4-6-20(19)25(28)32/h3-13,21-23H,1-2H3/t21-,22+,23-/m0/s1. The van der Waals surface area contributed by atoms with Gasteiger partial charge in [-0.3, -0.25) is 19.2 Å². The Morgan fingerprint density at radius 1 is 0.811 bits per heavy atom. The van der Waals surface area contributed by atoms with Crippen LogP contribution in [-0.2, 0) is 14.3 Å². The molecule has 1 spiro atoms. The number of anilines is 1. The average Bonchev–Trinajstić information content (AvgIpc) is 3.48. The molecule has 9 heteroatoms. The SMILES string of the molecule is COc1cc(OC)cc(N2C(=O)[C@@H]3[C@H](c4ccc(F)cc4)OC4(C(=O)c5ccccc5C4=O)[C@H]3C2=O)c1. The summed E-state index contributed by atoms with van der Waals surface area (Å²) in [5.41, 5.74) is -1.40. The third kappa shape index (κ3) is 3.04. The van der Waals surface area contributed by atoms with Crippen LogP contribution in [0, 0.1) is 17.7 Å². The van der Waals surface area contributed by atoms with Crippen molar-refractivity contribution in [2.75, 3.05) is 19.1 Å². The van der Waals surface area contributed by atoms with E-state index in [9.17, 15) is 23.6 Å². The largest absolute Gasteiger partial charge is 0.497 e. The molecule has 0 radical (unpaired) electrons. The molecule has 2 saturated heterocycles. The van der Waals surface area contributed by atoms with Gasteiger partial charge in [0.25, 0.3) is 0 Å². The monoisotopic (exact) mass is 501 g/mol. The van der Waals surface area contributed by atoms with Gasteiger partial charge in [0.1, 0.15) is 17.3 Å². The summed E-state index contributed by atoms with van der Waals surface area (Å²) in [6.07, 6.45) is -1.14. The summed E-state index contributed by atoms with van der Waals surface area (Å²) >= 11 is 0. The lowest BCUT2D eigenvalue weighted by molar-refractivity contribution is -0.127. The number of Topliss-reactive ketones (excluding diaryl/α,β-unsaturated/α-hetero) is 2. The smallest absolute Gasteiger partial charge is 0.241 e. The van der Waals surface area contributed by atoms with Crippen LogP contribution in [0.5, 0.6) is 11.5 Å². The summed E-state index contributed by atoms with van der Waals surface area (Å²) in [5.74, 6) is -5.17. The summed E-state index contributed by atoms with van der Waals surface area (Å²) in [6, 6.07) is 16.0. The summed E-state index contributed by atoms with van der Waals surface area (Å²) in [6.45, 7) is 0. The molecule has 1 aliphatic carbocycles. The van der Waals surface area contributed by atoms with E-state index in [2.05, 4.69) is 0 Å². The first-order chi connectivity index (χ1) is 17.8. The number of imide groups is 1. The first kappa shape index (κ1) is 23.1. The molecule has 3 aliphatic rings. The molecule has 2 amide bonds. The van der Waals surface area contributed by atoms with E-state index in [1.165, 1.54) is 62.8 Å². The minimum atomic E-state index is -2.21. The second kappa shape index (κ2) is 8.07. The van der Waals surface area contributed by atoms with Crippen molar-refractivity contribution in [1.29, 1.82) is 0 Å². The molecule has 3 atom stereocenters. The Morgan fingerprint density at radius 3 is 1.92 bits per heavy atom. The molecule has 3 aromatic carbocycles. The van der Waals surface area contributed by atoms with Crippen molar-refractivity contribution < 1.29 is 37.8 Å². The number of carbonyl (C=O) groups excluding carboxylic acids is 4. The fourth-order valence-electron chi connectivity index (χ4n) is 5.65. The minimum Gasteiger partial charge on any atom is -0.497 e. The Balaban J connectivity index is 1.54. The number of benzene rings is 3. The molecule has 186 valence electrons. The van der Waals surface area contributed by atoms with Crippen LogP contribution in [0.1, 0.15) is 32.4 Å². The zero-order chi connectivity index (χ0) is 26.1. The predicted octanol–water partition coefficient (Wildman–Crippen LogP) is 3.54. The summed E-state index contributed by atoms with van der Waals surface area (Å²) in [7, 11) is 2.86. The van der Waals surface area contributed by atoms with Gasteiger partial charge in [0.2, 0.25) is 29.0 Å². The quantitative estimate of drug-likeness (QED) is 0.398. The number of carbonyl (C=O) groups is 4. The van der Waals surface area contributed by atoms with Gasteiger partial charge in [0, 0.05) is 29.3 Å². The van der Waals surface area contributed by atoms with Crippen molar-refractivity contribution in [3.8, 4) is 11.5 Å². The Hall–Kier alpha value is -4.37. The average molecular weight is 501 g/mol. The van der Waals surface area contributed by atoms with Crippen LogP contribution in [0.25, 0.3) is 0 Å². The molecule has 6 rings (SSSR count). The molecule has 8 nitrogen and oxygen atoms in total. The Kier molecular flexibility index (Phi) is 5.03. The number of hydrogen-bond donors (Lipinski definition) is 0. The normalized spacial score (nSPS) is 23.5. The van der Waals surface area contributed by atoms with Crippen molar-refractivity contribution >= 4 is 29.1 Å². The van der Waals surface area contributed by atoms with Crippen LogP contribution in [0.2, 0.25) is 0 Å². The van der Waals surface area contributed by atoms with Crippen LogP contribution in [0.15, 0.2) is 66.7 Å². The Labute approximate surface area is 210 Å². The molecule has 3 aromatic rings. The maximum Gasteiger partial charge on any atom is 0.241 e. The van der Waals surface area contributed by atoms with Gasteiger partial charge in [0.15, 0.2) is 0 Å². The highest BCUT2D eigenvalue weighted by atomic mass is 19.1. The molecule has 0 aromatic heterocycles. The van der Waals surface area contributed by atoms with Gasteiger partial charge in [-0.2, -0.15) is 0 Å². The molecular formula is C28H20FNO7. The van der Waals surface area contributed by atoms with Crippen LogP contribution in [0.3, 0.4) is 0 Å². The van der Waals surface area contributed by atoms with Crippen molar-refractivity contribution in [3.05, 3.63) is 89.2 Å². The number of ether oxygens (including phenoxy) is 3. The summed E-state index contributed by atoms with van der Waals surface area (Å²) in [4.78, 5) is 56.4. The van der Waals surface area contributed by atoms with Crippen LogP contribution in [0.4, 0.5) is 10.1 Å². The molecular weight excluding hydrogens is 481 g/mol. The number of nitrogens with zero attached hydrogens (tertiary/aromatic N) is 1. The van der Waals surface area contributed by atoms with Gasteiger partial charge in [-0.25, -0.2) is 9.29 Å². The first-order valence-corrected chi connectivity index (χ1v) is 11.5. The van der Waals surface area contributed by atoms with Crippen LogP contribution >= 0.6 is 0 Å². The molecule has 37 heavy (non-hydrogen) atoms. The fraction of sp³-hybridized carbons (Fsp3) is 0.214. The maximum absolute atomic E-state index is 14.0. The number of hydrogen-bond acceptors (Lipinski definition) is 7. The lowest BCUT2D eigenvalue weighted by Gasteiger charge is -2.27. The van der Waals surface area contributed by atoms with E-state index in [4.69, 9.17) is 14.2 Å². The minimum absolute atomic E-state index is 0.132. The van der Waals surface area contributed by atoms with E-state index in [0.717, 1.165) is 4.90 Å². The highest BCUT2D eigenvalue weighted by Gasteiger charge is 2.74. The topological polar surface area (TPSA) is 99.2 Å². The van der Waals surface area contributed by atoms with Gasteiger partial charge in [-0.15, -0.1) is 0 Å². The number of methoxy groups -OCH3 is 2. The third-order valence-electron chi connectivity index (χ3n) is 7.31. The first-order valence-electron chi connectivity index (χ1n) is 11.5. The van der Waals surface area contributed by atoms with E-state index < -0.39 is 52.7 Å². The van der Waals surface area contributed by atoms with E-state index >= 15 is 0 Å². The van der Waals surface area contributed by atoms with Gasteiger partial charge < -0.3 is 14.2 Å². The van der Waals surface area contributed by atoms with E-state index in [1.807, 2.05) is 0 Å². The highest BCUT2D eigenvalue weighted by Crippen LogP contribution is 2.57. The molecule has 0 bridgehead atoms. The summed E-state index contributed by atoms with van der Waals surface area (Å²) in [5, 5.41) is 0. The second-order valence-electron chi connectivity index (χ2n) is 9.12. The van der Waals surface area contributed by atoms with Crippen molar-refractivity contribution in [3.63, 3.8) is 0 Å². The molecule has 2 aliphatic heterocycles. The lowest BCUT2D eigenvalue weighted by atomic mass is 9.77. The number of rotatable bonds is 4. The fourth-order valence-corrected chi connectivity index (χ4v) is 5.65. The van der Waals surface area contributed by atoms with Crippen molar-refractivity contribution in [1.82, 2.24) is 0 Å². The van der Waals surface area contributed by atoms with Gasteiger partial charge in [0.05, 0.1) is 37.8 Å².